The van der Waals surface area contributed by atoms with Gasteiger partial charge in [-0.05, 0) is 28.1 Å². The van der Waals surface area contributed by atoms with Crippen molar-refractivity contribution < 1.29 is 14.7 Å². The maximum Gasteiger partial charge on any atom is 0.231 e. The van der Waals surface area contributed by atoms with E-state index in [4.69, 9.17) is 14.7 Å². The molecule has 0 unspecified atom stereocenters. The molecule has 1 aliphatic heterocycles. The largest absolute Gasteiger partial charge is 0.454 e. The Morgan fingerprint density at radius 2 is 2.08 bits per heavy atom. The van der Waals surface area contributed by atoms with E-state index in [0.717, 1.165) is 10.0 Å². The van der Waals surface area contributed by atoms with Gasteiger partial charge in [0.15, 0.2) is 11.5 Å². The van der Waals surface area contributed by atoms with Crippen molar-refractivity contribution >= 4 is 22.1 Å². The van der Waals surface area contributed by atoms with Gasteiger partial charge in [-0.1, -0.05) is 5.16 Å². The summed E-state index contributed by atoms with van der Waals surface area (Å²) in [5, 5.41) is 11.3. The van der Waals surface area contributed by atoms with Crippen molar-refractivity contribution in [2.24, 2.45) is 5.16 Å². The van der Waals surface area contributed by atoms with Gasteiger partial charge in [0, 0.05) is 10.0 Å². The fourth-order valence-corrected chi connectivity index (χ4v) is 1.52. The molecule has 0 radical (unpaired) electrons. The summed E-state index contributed by atoms with van der Waals surface area (Å²) in [6.45, 7) is 0.238. The molecule has 4 nitrogen and oxygen atoms in total. The molecule has 0 aromatic heterocycles. The first kappa shape index (κ1) is 8.37. The highest BCUT2D eigenvalue weighted by Crippen LogP contribution is 2.36. The Labute approximate surface area is 82.9 Å². The Bertz CT molecular complexity index is 365. The van der Waals surface area contributed by atoms with E-state index < -0.39 is 0 Å². The number of benzene rings is 1. The number of rotatable bonds is 1. The molecule has 2 rings (SSSR count). The van der Waals surface area contributed by atoms with Gasteiger partial charge in [-0.3, -0.25) is 0 Å². The smallest absolute Gasteiger partial charge is 0.231 e. The minimum atomic E-state index is 0.238. The van der Waals surface area contributed by atoms with Crippen LogP contribution in [0.5, 0.6) is 11.5 Å². The van der Waals surface area contributed by atoms with Gasteiger partial charge in [-0.15, -0.1) is 0 Å². The zero-order chi connectivity index (χ0) is 9.26. The lowest BCUT2D eigenvalue weighted by Gasteiger charge is -1.99. The van der Waals surface area contributed by atoms with Crippen LogP contribution in [0.15, 0.2) is 21.8 Å². The van der Waals surface area contributed by atoms with E-state index in [1.165, 1.54) is 6.21 Å². The van der Waals surface area contributed by atoms with Gasteiger partial charge in [0.2, 0.25) is 6.79 Å². The fourth-order valence-electron chi connectivity index (χ4n) is 1.09. The normalized spacial score (nSPS) is 13.9. The average molecular weight is 244 g/mol. The van der Waals surface area contributed by atoms with Crippen LogP contribution in [0.1, 0.15) is 5.56 Å². The summed E-state index contributed by atoms with van der Waals surface area (Å²) in [6, 6.07) is 3.52. The molecule has 1 aromatic rings. The molecule has 0 spiro atoms. The number of fused-ring (bicyclic) bond motifs is 1. The number of hydrogen-bond donors (Lipinski definition) is 1. The van der Waals surface area contributed by atoms with E-state index in [1.807, 2.05) is 0 Å². The van der Waals surface area contributed by atoms with Gasteiger partial charge in [-0.2, -0.15) is 0 Å². The van der Waals surface area contributed by atoms with Crippen LogP contribution in [0.25, 0.3) is 0 Å². The third-order valence-electron chi connectivity index (χ3n) is 1.69. The van der Waals surface area contributed by atoms with E-state index in [9.17, 15) is 0 Å². The van der Waals surface area contributed by atoms with Crippen molar-refractivity contribution in [2.75, 3.05) is 6.79 Å². The summed E-state index contributed by atoms with van der Waals surface area (Å²) in [5.41, 5.74) is 0.742. The minimum Gasteiger partial charge on any atom is -0.454 e. The molecule has 0 saturated carbocycles. The van der Waals surface area contributed by atoms with Crippen molar-refractivity contribution in [1.29, 1.82) is 0 Å². The monoisotopic (exact) mass is 243 g/mol. The topological polar surface area (TPSA) is 51.1 Å². The van der Waals surface area contributed by atoms with Gasteiger partial charge < -0.3 is 14.7 Å². The Balaban J connectivity index is 2.49. The van der Waals surface area contributed by atoms with E-state index in [-0.39, 0.29) is 6.79 Å². The van der Waals surface area contributed by atoms with Crippen molar-refractivity contribution in [2.45, 2.75) is 0 Å². The predicted octanol–water partition coefficient (Wildman–Crippen LogP) is 1.99. The minimum absolute atomic E-state index is 0.238. The number of nitrogens with zero attached hydrogens (tertiary/aromatic N) is 1. The van der Waals surface area contributed by atoms with Crippen molar-refractivity contribution in [3.63, 3.8) is 0 Å². The SMILES string of the molecule is O/N=C\c1cc2c(cc1Br)OCO2. The number of hydrogen-bond acceptors (Lipinski definition) is 4. The third kappa shape index (κ3) is 1.47. The lowest BCUT2D eigenvalue weighted by Crippen LogP contribution is -1.92. The van der Waals surface area contributed by atoms with Crippen LogP contribution in [0.4, 0.5) is 0 Å². The Morgan fingerprint density at radius 1 is 1.38 bits per heavy atom. The summed E-state index contributed by atoms with van der Waals surface area (Å²) in [4.78, 5) is 0. The molecule has 0 amide bonds. The summed E-state index contributed by atoms with van der Waals surface area (Å²) in [6.07, 6.45) is 1.33. The van der Waals surface area contributed by atoms with Crippen LogP contribution in [0.2, 0.25) is 0 Å². The summed E-state index contributed by atoms with van der Waals surface area (Å²) in [5.74, 6) is 1.36. The summed E-state index contributed by atoms with van der Waals surface area (Å²) >= 11 is 3.31. The van der Waals surface area contributed by atoms with Gasteiger partial charge in [0.05, 0.1) is 6.21 Å². The highest BCUT2D eigenvalue weighted by molar-refractivity contribution is 9.10. The van der Waals surface area contributed by atoms with E-state index >= 15 is 0 Å². The summed E-state index contributed by atoms with van der Waals surface area (Å²) < 4.78 is 11.1. The van der Waals surface area contributed by atoms with E-state index in [2.05, 4.69) is 21.1 Å². The molecule has 13 heavy (non-hydrogen) atoms. The first-order chi connectivity index (χ1) is 6.31. The first-order valence-electron chi connectivity index (χ1n) is 3.58. The lowest BCUT2D eigenvalue weighted by molar-refractivity contribution is 0.174. The fraction of sp³-hybridized carbons (Fsp3) is 0.125. The van der Waals surface area contributed by atoms with Gasteiger partial charge in [0.1, 0.15) is 0 Å². The number of halogens is 1. The van der Waals surface area contributed by atoms with Crippen LogP contribution < -0.4 is 9.47 Å². The zero-order valence-corrected chi connectivity index (χ0v) is 8.11. The molecule has 1 heterocycles. The summed E-state index contributed by atoms with van der Waals surface area (Å²) in [7, 11) is 0. The second kappa shape index (κ2) is 3.26. The van der Waals surface area contributed by atoms with Gasteiger partial charge in [-0.25, -0.2) is 0 Å². The molecule has 0 fully saturated rings. The molecule has 5 heteroatoms. The Morgan fingerprint density at radius 3 is 2.77 bits per heavy atom. The second-order valence-electron chi connectivity index (χ2n) is 2.47. The zero-order valence-electron chi connectivity index (χ0n) is 6.53. The molecule has 0 saturated heterocycles. The highest BCUT2D eigenvalue weighted by Gasteiger charge is 2.15. The molecule has 1 N–H and O–H groups in total. The van der Waals surface area contributed by atoms with Crippen molar-refractivity contribution in [3.8, 4) is 11.5 Å². The Kier molecular flexibility index (Phi) is 2.10. The Hall–Kier alpha value is -1.23. The maximum absolute atomic E-state index is 8.37. The van der Waals surface area contributed by atoms with Crippen LogP contribution >= 0.6 is 15.9 Å². The molecule has 0 bridgehead atoms. The molecule has 1 aliphatic rings. The molecular weight excluding hydrogens is 238 g/mol. The molecular formula is C8H6BrNO3. The quantitative estimate of drug-likeness (QED) is 0.467. The van der Waals surface area contributed by atoms with E-state index in [0.29, 0.717) is 11.5 Å². The van der Waals surface area contributed by atoms with E-state index in [1.54, 1.807) is 12.1 Å². The molecule has 0 atom stereocenters. The van der Waals surface area contributed by atoms with Crippen molar-refractivity contribution in [1.82, 2.24) is 0 Å². The van der Waals surface area contributed by atoms with Crippen LogP contribution in [0.3, 0.4) is 0 Å². The number of ether oxygens (including phenoxy) is 2. The standard InChI is InChI=1S/C8H6BrNO3/c9-6-2-8-7(12-4-13-8)1-5(6)3-10-11/h1-3,11H,4H2/b10-3-. The average Bonchev–Trinajstić information content (AvgIpc) is 2.52. The molecule has 68 valence electrons. The maximum atomic E-state index is 8.37. The number of oxime groups is 1. The van der Waals surface area contributed by atoms with Crippen LogP contribution in [-0.2, 0) is 0 Å². The van der Waals surface area contributed by atoms with Gasteiger partial charge in [0.25, 0.3) is 0 Å². The van der Waals surface area contributed by atoms with Crippen LogP contribution in [-0.4, -0.2) is 18.2 Å². The predicted molar refractivity (Wildman–Crippen MR) is 49.6 cm³/mol. The lowest BCUT2D eigenvalue weighted by atomic mass is 10.2. The van der Waals surface area contributed by atoms with Crippen LogP contribution in [0, 0.1) is 0 Å². The molecule has 1 aromatic carbocycles. The molecule has 0 aliphatic carbocycles. The first-order valence-corrected chi connectivity index (χ1v) is 4.37. The highest BCUT2D eigenvalue weighted by atomic mass is 79.9. The van der Waals surface area contributed by atoms with Crippen molar-refractivity contribution in [3.05, 3.63) is 22.2 Å². The van der Waals surface area contributed by atoms with Gasteiger partial charge >= 0.3 is 0 Å². The third-order valence-corrected chi connectivity index (χ3v) is 2.38. The second-order valence-corrected chi connectivity index (χ2v) is 3.33.